The summed E-state index contributed by atoms with van der Waals surface area (Å²) in [5.41, 5.74) is 5.02. The minimum absolute atomic E-state index is 1.02. The van der Waals surface area contributed by atoms with Gasteiger partial charge in [-0.25, -0.2) is 0 Å². The zero-order valence-electron chi connectivity index (χ0n) is 11.7. The van der Waals surface area contributed by atoms with Crippen molar-refractivity contribution in [3.05, 3.63) is 29.8 Å². The monoisotopic (exact) mass is 264 g/mol. The van der Waals surface area contributed by atoms with Crippen LogP contribution in [0, 0.1) is 0 Å². The van der Waals surface area contributed by atoms with E-state index >= 15 is 0 Å². The lowest BCUT2D eigenvalue weighted by Gasteiger charge is -2.04. The topological polar surface area (TPSA) is 24.4 Å². The lowest BCUT2D eigenvalue weighted by atomic mass is 10.1. The van der Waals surface area contributed by atoms with Crippen LogP contribution in [0.15, 0.2) is 34.3 Å². The molecule has 0 unspecified atom stereocenters. The molecular formula is C15H24N2S. The van der Waals surface area contributed by atoms with Gasteiger partial charge in [-0.3, -0.25) is 0 Å². The number of benzene rings is 1. The van der Waals surface area contributed by atoms with E-state index in [1.807, 2.05) is 25.7 Å². The van der Waals surface area contributed by atoms with Crippen LogP contribution in [0.3, 0.4) is 0 Å². The standard InChI is InChI=1S/C15H24N2S/c1-4-5-6-7-12-18-15-10-8-14(9-11-15)13(2)17-16-3/h8-11,16H,4-7,12H2,1-3H3/b17-13+. The van der Waals surface area contributed by atoms with E-state index in [2.05, 4.69) is 41.7 Å². The molecule has 0 bridgehead atoms. The van der Waals surface area contributed by atoms with Crippen molar-refractivity contribution in [3.8, 4) is 0 Å². The molecule has 0 aliphatic heterocycles. The van der Waals surface area contributed by atoms with E-state index in [4.69, 9.17) is 0 Å². The van der Waals surface area contributed by atoms with Crippen LogP contribution in [-0.4, -0.2) is 18.5 Å². The number of nitrogens with one attached hydrogen (secondary N) is 1. The average Bonchev–Trinajstić information content (AvgIpc) is 2.39. The van der Waals surface area contributed by atoms with Crippen molar-refractivity contribution in [1.29, 1.82) is 0 Å². The Balaban J connectivity index is 2.38. The lowest BCUT2D eigenvalue weighted by Crippen LogP contribution is -2.02. The Morgan fingerprint density at radius 1 is 1.17 bits per heavy atom. The second-order valence-electron chi connectivity index (χ2n) is 4.35. The summed E-state index contributed by atoms with van der Waals surface area (Å²) in [5, 5.41) is 4.18. The molecule has 0 aliphatic rings. The van der Waals surface area contributed by atoms with E-state index in [1.54, 1.807) is 0 Å². The predicted molar refractivity (Wildman–Crippen MR) is 82.6 cm³/mol. The molecule has 1 aromatic rings. The minimum Gasteiger partial charge on any atom is -0.313 e. The van der Waals surface area contributed by atoms with Crippen molar-refractivity contribution >= 4 is 17.5 Å². The second-order valence-corrected chi connectivity index (χ2v) is 5.52. The van der Waals surface area contributed by atoms with Gasteiger partial charge in [-0.05, 0) is 36.8 Å². The molecule has 18 heavy (non-hydrogen) atoms. The fraction of sp³-hybridized carbons (Fsp3) is 0.533. The van der Waals surface area contributed by atoms with Gasteiger partial charge < -0.3 is 5.43 Å². The Hall–Kier alpha value is -0.960. The first-order chi connectivity index (χ1) is 8.77. The highest BCUT2D eigenvalue weighted by atomic mass is 32.2. The zero-order chi connectivity index (χ0) is 13.2. The third-order valence-corrected chi connectivity index (χ3v) is 3.92. The Labute approximate surface area is 115 Å². The third-order valence-electron chi connectivity index (χ3n) is 2.82. The normalized spacial score (nSPS) is 11.6. The molecule has 0 saturated carbocycles. The molecular weight excluding hydrogens is 240 g/mol. The molecule has 0 heterocycles. The maximum absolute atomic E-state index is 4.18. The summed E-state index contributed by atoms with van der Waals surface area (Å²) in [6.45, 7) is 4.27. The Morgan fingerprint density at radius 3 is 2.50 bits per heavy atom. The molecule has 0 fully saturated rings. The number of nitrogens with zero attached hydrogens (tertiary/aromatic N) is 1. The lowest BCUT2D eigenvalue weighted by molar-refractivity contribution is 0.706. The number of rotatable bonds is 8. The number of thioether (sulfide) groups is 1. The summed E-state index contributed by atoms with van der Waals surface area (Å²) in [4.78, 5) is 1.35. The number of unbranched alkanes of at least 4 members (excludes halogenated alkanes) is 3. The van der Waals surface area contributed by atoms with Crippen LogP contribution in [0.4, 0.5) is 0 Å². The van der Waals surface area contributed by atoms with Gasteiger partial charge in [0.1, 0.15) is 0 Å². The highest BCUT2D eigenvalue weighted by Crippen LogP contribution is 2.20. The third kappa shape index (κ3) is 5.58. The molecule has 0 spiro atoms. The molecule has 0 amide bonds. The van der Waals surface area contributed by atoms with E-state index in [1.165, 1.54) is 41.9 Å². The predicted octanol–water partition coefficient (Wildman–Crippen LogP) is 4.30. The van der Waals surface area contributed by atoms with Crippen LogP contribution in [0.5, 0.6) is 0 Å². The van der Waals surface area contributed by atoms with E-state index in [9.17, 15) is 0 Å². The van der Waals surface area contributed by atoms with Gasteiger partial charge in [-0.1, -0.05) is 38.3 Å². The van der Waals surface area contributed by atoms with Gasteiger partial charge in [0.05, 0.1) is 5.71 Å². The molecule has 1 rings (SSSR count). The molecule has 0 aliphatic carbocycles. The van der Waals surface area contributed by atoms with E-state index in [-0.39, 0.29) is 0 Å². The first-order valence-electron chi connectivity index (χ1n) is 6.72. The van der Waals surface area contributed by atoms with Gasteiger partial charge >= 0.3 is 0 Å². The summed E-state index contributed by atoms with van der Waals surface area (Å²) < 4.78 is 0. The van der Waals surface area contributed by atoms with Crippen LogP contribution in [0.1, 0.15) is 45.1 Å². The smallest absolute Gasteiger partial charge is 0.0644 e. The van der Waals surface area contributed by atoms with E-state index < -0.39 is 0 Å². The van der Waals surface area contributed by atoms with E-state index in [0.717, 1.165) is 5.71 Å². The number of hydrogen-bond acceptors (Lipinski definition) is 3. The summed E-state index contributed by atoms with van der Waals surface area (Å²) in [6.07, 6.45) is 5.35. The highest BCUT2D eigenvalue weighted by Gasteiger charge is 1.98. The van der Waals surface area contributed by atoms with Crippen molar-refractivity contribution < 1.29 is 0 Å². The largest absolute Gasteiger partial charge is 0.313 e. The summed E-state index contributed by atoms with van der Waals surface area (Å²) in [6, 6.07) is 8.66. The van der Waals surface area contributed by atoms with Crippen LogP contribution in [-0.2, 0) is 0 Å². The molecule has 0 saturated heterocycles. The number of hydrazone groups is 1. The highest BCUT2D eigenvalue weighted by molar-refractivity contribution is 7.99. The summed E-state index contributed by atoms with van der Waals surface area (Å²) in [7, 11) is 1.82. The van der Waals surface area contributed by atoms with Gasteiger partial charge in [-0.15, -0.1) is 11.8 Å². The average molecular weight is 264 g/mol. The molecule has 1 aromatic carbocycles. The first kappa shape index (κ1) is 15.1. The van der Waals surface area contributed by atoms with Gasteiger partial charge in [0.15, 0.2) is 0 Å². The Bertz CT molecular complexity index is 357. The quantitative estimate of drug-likeness (QED) is 0.327. The van der Waals surface area contributed by atoms with E-state index in [0.29, 0.717) is 0 Å². The van der Waals surface area contributed by atoms with Crippen LogP contribution in [0.2, 0.25) is 0 Å². The molecule has 0 atom stereocenters. The van der Waals surface area contributed by atoms with Crippen molar-refractivity contribution in [2.24, 2.45) is 5.10 Å². The molecule has 0 radical (unpaired) electrons. The Morgan fingerprint density at radius 2 is 1.89 bits per heavy atom. The maximum atomic E-state index is 4.18. The maximum Gasteiger partial charge on any atom is 0.0644 e. The van der Waals surface area contributed by atoms with Crippen molar-refractivity contribution in [3.63, 3.8) is 0 Å². The van der Waals surface area contributed by atoms with Crippen LogP contribution < -0.4 is 5.43 Å². The molecule has 100 valence electrons. The molecule has 0 aromatic heterocycles. The fourth-order valence-electron chi connectivity index (χ4n) is 1.74. The molecule has 1 N–H and O–H groups in total. The van der Waals surface area contributed by atoms with Gasteiger partial charge in [-0.2, -0.15) is 5.10 Å². The second kappa shape index (κ2) is 9.03. The first-order valence-corrected chi connectivity index (χ1v) is 7.70. The fourth-order valence-corrected chi connectivity index (χ4v) is 2.66. The Kier molecular flexibility index (Phi) is 7.58. The van der Waals surface area contributed by atoms with Gasteiger partial charge in [0.25, 0.3) is 0 Å². The summed E-state index contributed by atoms with van der Waals surface area (Å²) >= 11 is 1.95. The zero-order valence-corrected chi connectivity index (χ0v) is 12.5. The number of hydrogen-bond donors (Lipinski definition) is 1. The molecule has 3 heteroatoms. The van der Waals surface area contributed by atoms with Crippen LogP contribution >= 0.6 is 11.8 Å². The van der Waals surface area contributed by atoms with Gasteiger partial charge in [0, 0.05) is 11.9 Å². The van der Waals surface area contributed by atoms with Crippen LogP contribution in [0.25, 0.3) is 0 Å². The van der Waals surface area contributed by atoms with Gasteiger partial charge in [0.2, 0.25) is 0 Å². The van der Waals surface area contributed by atoms with Crippen molar-refractivity contribution in [1.82, 2.24) is 5.43 Å². The SMILES string of the molecule is CCCCCCSc1ccc(/C(C)=N/NC)cc1. The van der Waals surface area contributed by atoms with Crippen molar-refractivity contribution in [2.75, 3.05) is 12.8 Å². The summed E-state index contributed by atoms with van der Waals surface area (Å²) in [5.74, 6) is 1.23. The van der Waals surface area contributed by atoms with Crippen molar-refractivity contribution in [2.45, 2.75) is 44.4 Å². The molecule has 2 nitrogen and oxygen atoms in total. The minimum atomic E-state index is 1.02.